The van der Waals surface area contributed by atoms with Crippen LogP contribution in [0.15, 0.2) is 42.5 Å². The van der Waals surface area contributed by atoms with E-state index in [9.17, 15) is 15.0 Å². The highest BCUT2D eigenvalue weighted by Gasteiger charge is 2.58. The van der Waals surface area contributed by atoms with Crippen LogP contribution in [0.1, 0.15) is 27.0 Å². The third kappa shape index (κ3) is 1.45. The number of amides is 1. The number of carbonyl (C=O) groups excluding carboxylic acids is 1. The summed E-state index contributed by atoms with van der Waals surface area (Å²) < 4.78 is 5.33. The number of nitrogens with zero attached hydrogens (tertiary/aromatic N) is 1. The van der Waals surface area contributed by atoms with Gasteiger partial charge in [0.1, 0.15) is 11.5 Å². The molecule has 0 unspecified atom stereocenters. The third-order valence-electron chi connectivity index (χ3n) is 5.17. The Bertz CT molecular complexity index is 1100. The van der Waals surface area contributed by atoms with Crippen molar-refractivity contribution in [2.45, 2.75) is 12.6 Å². The second kappa shape index (κ2) is 4.32. The minimum atomic E-state index is -1.74. The molecule has 5 heteroatoms. The summed E-state index contributed by atoms with van der Waals surface area (Å²) in [5.41, 5.74) is 0.941. The summed E-state index contributed by atoms with van der Waals surface area (Å²) in [4.78, 5) is 14.6. The van der Waals surface area contributed by atoms with Crippen molar-refractivity contribution in [3.05, 3.63) is 64.7 Å². The molecule has 1 atom stereocenters. The molecule has 5 nitrogen and oxygen atoms in total. The van der Waals surface area contributed by atoms with Gasteiger partial charge in [0.15, 0.2) is 0 Å². The quantitative estimate of drug-likeness (QED) is 0.718. The molecule has 0 saturated heterocycles. The van der Waals surface area contributed by atoms with Gasteiger partial charge in [-0.1, -0.05) is 24.3 Å². The SMILES string of the molecule is COc1cccc2c1C(=O)N1c3cc(C)cc4ccc(O)c(c34)[C@@]21O. The number of ether oxygens (including phenoxy) is 1. The molecular formula is C20H15NO4. The van der Waals surface area contributed by atoms with E-state index in [-0.39, 0.29) is 11.7 Å². The summed E-state index contributed by atoms with van der Waals surface area (Å²) in [6, 6.07) is 12.3. The number of benzene rings is 3. The fraction of sp³-hybridized carbons (Fsp3) is 0.150. The van der Waals surface area contributed by atoms with Crippen molar-refractivity contribution < 1.29 is 19.7 Å². The number of hydrogen-bond acceptors (Lipinski definition) is 4. The summed E-state index contributed by atoms with van der Waals surface area (Å²) in [6.07, 6.45) is 0. The highest BCUT2D eigenvalue weighted by atomic mass is 16.5. The van der Waals surface area contributed by atoms with Gasteiger partial charge in [0.05, 0.1) is 23.9 Å². The minimum absolute atomic E-state index is 0.0360. The van der Waals surface area contributed by atoms with Gasteiger partial charge in [-0.2, -0.15) is 0 Å². The van der Waals surface area contributed by atoms with Crippen molar-refractivity contribution in [2.24, 2.45) is 0 Å². The van der Waals surface area contributed by atoms with Gasteiger partial charge in [-0.25, -0.2) is 0 Å². The van der Waals surface area contributed by atoms with Crippen LogP contribution in [0, 0.1) is 6.92 Å². The second-order valence-corrected chi connectivity index (χ2v) is 6.54. The number of carbonyl (C=O) groups is 1. The number of methoxy groups -OCH3 is 1. The van der Waals surface area contributed by atoms with E-state index in [1.54, 1.807) is 30.3 Å². The van der Waals surface area contributed by atoms with Gasteiger partial charge < -0.3 is 14.9 Å². The van der Waals surface area contributed by atoms with Gasteiger partial charge in [0.2, 0.25) is 5.72 Å². The summed E-state index contributed by atoms with van der Waals surface area (Å²) in [6.45, 7) is 1.94. The number of fused-ring (bicyclic) bond motifs is 5. The standard InChI is InChI=1S/C20H15NO4/c1-10-8-11-6-7-14(22)18-16(11)13(9-10)21-19(23)17-12(20(18,21)24)4-3-5-15(17)25-2/h3-9,22,24H,1-2H3/t20-/m0/s1. The largest absolute Gasteiger partial charge is 0.507 e. The van der Waals surface area contributed by atoms with Crippen LogP contribution in [0.4, 0.5) is 5.69 Å². The number of aliphatic hydroxyl groups is 1. The maximum Gasteiger partial charge on any atom is 0.265 e. The average molecular weight is 333 g/mol. The number of anilines is 1. The number of hydrogen-bond donors (Lipinski definition) is 2. The lowest BCUT2D eigenvalue weighted by Gasteiger charge is -2.28. The highest BCUT2D eigenvalue weighted by Crippen LogP contribution is 2.58. The zero-order valence-electron chi connectivity index (χ0n) is 13.7. The van der Waals surface area contributed by atoms with Crippen LogP contribution in [0.25, 0.3) is 10.8 Å². The monoisotopic (exact) mass is 333 g/mol. The Kier molecular flexibility index (Phi) is 2.47. The Hall–Kier alpha value is -3.05. The Balaban J connectivity index is 1.97. The third-order valence-corrected chi connectivity index (χ3v) is 5.17. The van der Waals surface area contributed by atoms with Gasteiger partial charge in [-0.05, 0) is 36.1 Å². The zero-order valence-corrected chi connectivity index (χ0v) is 13.7. The molecule has 0 bridgehead atoms. The smallest absolute Gasteiger partial charge is 0.265 e. The lowest BCUT2D eigenvalue weighted by Crippen LogP contribution is -2.41. The molecule has 0 aromatic heterocycles. The molecule has 3 aromatic carbocycles. The molecule has 25 heavy (non-hydrogen) atoms. The molecule has 3 aromatic rings. The van der Waals surface area contributed by atoms with Gasteiger partial charge in [0, 0.05) is 10.9 Å². The molecular weight excluding hydrogens is 318 g/mol. The molecule has 1 amide bonds. The first-order valence-electron chi connectivity index (χ1n) is 7.99. The van der Waals surface area contributed by atoms with Crippen LogP contribution < -0.4 is 9.64 Å². The average Bonchev–Trinajstić information content (AvgIpc) is 2.99. The van der Waals surface area contributed by atoms with Crippen molar-refractivity contribution in [1.29, 1.82) is 0 Å². The molecule has 2 N–H and O–H groups in total. The van der Waals surface area contributed by atoms with Crippen molar-refractivity contribution in [2.75, 3.05) is 12.0 Å². The second-order valence-electron chi connectivity index (χ2n) is 6.54. The van der Waals surface area contributed by atoms with Crippen LogP contribution in [-0.4, -0.2) is 23.2 Å². The van der Waals surface area contributed by atoms with Crippen molar-refractivity contribution >= 4 is 22.4 Å². The van der Waals surface area contributed by atoms with E-state index in [2.05, 4.69) is 0 Å². The number of aryl methyl sites for hydroxylation is 1. The fourth-order valence-electron chi connectivity index (χ4n) is 4.23. The Morgan fingerprint density at radius 1 is 1.16 bits per heavy atom. The van der Waals surface area contributed by atoms with Crippen LogP contribution in [0.3, 0.4) is 0 Å². The lowest BCUT2D eigenvalue weighted by molar-refractivity contribution is 0.0727. The zero-order chi connectivity index (χ0) is 17.5. The topological polar surface area (TPSA) is 70.0 Å². The summed E-state index contributed by atoms with van der Waals surface area (Å²) >= 11 is 0. The van der Waals surface area contributed by atoms with Crippen LogP contribution in [0.2, 0.25) is 0 Å². The Morgan fingerprint density at radius 3 is 2.72 bits per heavy atom. The summed E-state index contributed by atoms with van der Waals surface area (Å²) in [7, 11) is 1.49. The maximum absolute atomic E-state index is 13.2. The van der Waals surface area contributed by atoms with Crippen LogP contribution in [-0.2, 0) is 5.72 Å². The highest BCUT2D eigenvalue weighted by molar-refractivity contribution is 6.21. The van der Waals surface area contributed by atoms with Gasteiger partial charge in [-0.3, -0.25) is 9.69 Å². The molecule has 2 heterocycles. The van der Waals surface area contributed by atoms with Crippen molar-refractivity contribution in [1.82, 2.24) is 0 Å². The van der Waals surface area contributed by atoms with E-state index in [1.165, 1.54) is 12.0 Å². The molecule has 2 aliphatic heterocycles. The van der Waals surface area contributed by atoms with E-state index < -0.39 is 5.72 Å². The fourth-order valence-corrected chi connectivity index (χ4v) is 4.23. The predicted molar refractivity (Wildman–Crippen MR) is 93.2 cm³/mol. The molecule has 0 radical (unpaired) electrons. The predicted octanol–water partition coefficient (Wildman–Crippen LogP) is 3.03. The molecule has 5 rings (SSSR count). The lowest BCUT2D eigenvalue weighted by atomic mass is 9.91. The van der Waals surface area contributed by atoms with Gasteiger partial charge >= 0.3 is 0 Å². The van der Waals surface area contributed by atoms with Crippen molar-refractivity contribution in [3.8, 4) is 11.5 Å². The summed E-state index contributed by atoms with van der Waals surface area (Å²) in [5.74, 6) is 0.0368. The molecule has 0 aliphatic carbocycles. The molecule has 0 fully saturated rings. The van der Waals surface area contributed by atoms with Crippen LogP contribution in [0.5, 0.6) is 11.5 Å². The number of aromatic hydroxyl groups is 1. The number of phenols is 1. The molecule has 124 valence electrons. The summed E-state index contributed by atoms with van der Waals surface area (Å²) in [5, 5.41) is 23.8. The van der Waals surface area contributed by atoms with Gasteiger partial charge in [0.25, 0.3) is 5.91 Å². The van der Waals surface area contributed by atoms with E-state index in [4.69, 9.17) is 4.74 Å². The minimum Gasteiger partial charge on any atom is -0.507 e. The first kappa shape index (κ1) is 14.3. The molecule has 0 saturated carbocycles. The van der Waals surface area contributed by atoms with Gasteiger partial charge in [-0.15, -0.1) is 0 Å². The number of rotatable bonds is 1. The Morgan fingerprint density at radius 2 is 1.96 bits per heavy atom. The first-order valence-corrected chi connectivity index (χ1v) is 7.99. The first-order chi connectivity index (χ1) is 12.0. The van der Waals surface area contributed by atoms with E-state index in [1.807, 2.05) is 19.1 Å². The Labute approximate surface area is 143 Å². The van der Waals surface area contributed by atoms with E-state index in [0.717, 1.165) is 10.9 Å². The van der Waals surface area contributed by atoms with E-state index in [0.29, 0.717) is 33.5 Å². The van der Waals surface area contributed by atoms with Crippen LogP contribution >= 0.6 is 0 Å². The molecule has 2 aliphatic rings. The van der Waals surface area contributed by atoms with E-state index >= 15 is 0 Å². The maximum atomic E-state index is 13.2. The normalized spacial score (nSPS) is 20.1. The molecule has 0 spiro atoms. The number of phenolic OH excluding ortho intramolecular Hbond substituents is 1. The van der Waals surface area contributed by atoms with Crippen molar-refractivity contribution in [3.63, 3.8) is 0 Å².